The first-order chi connectivity index (χ1) is 12.6. The van der Waals surface area contributed by atoms with E-state index in [0.29, 0.717) is 25.9 Å². The van der Waals surface area contributed by atoms with Gasteiger partial charge in [0, 0.05) is 12.8 Å². The molecule has 136 valence electrons. The van der Waals surface area contributed by atoms with Crippen LogP contribution in [0, 0.1) is 10.1 Å². The molecule has 0 bridgehead atoms. The Labute approximate surface area is 151 Å². The minimum atomic E-state index is -0.805. The number of nitro benzene ring substituents is 1. The van der Waals surface area contributed by atoms with Gasteiger partial charge in [0.15, 0.2) is 5.75 Å². The number of rotatable bonds is 5. The zero-order valence-corrected chi connectivity index (χ0v) is 14.4. The van der Waals surface area contributed by atoms with Crippen LogP contribution in [0.5, 0.6) is 5.75 Å². The van der Waals surface area contributed by atoms with Crippen molar-refractivity contribution in [1.82, 2.24) is 5.32 Å². The first-order valence-corrected chi connectivity index (χ1v) is 8.38. The molecule has 2 aromatic rings. The second kappa shape index (κ2) is 7.53. The third-order valence-corrected chi connectivity index (χ3v) is 4.62. The Morgan fingerprint density at radius 3 is 2.42 bits per heavy atom. The van der Waals surface area contributed by atoms with Crippen LogP contribution in [-0.2, 0) is 10.3 Å². The molecule has 0 amide bonds. The molecule has 0 radical (unpaired) electrons. The topological polar surface area (TPSA) is 90.7 Å². The minimum absolute atomic E-state index is 0.0310. The lowest BCUT2D eigenvalue weighted by atomic mass is 9.84. The molecule has 0 saturated carbocycles. The van der Waals surface area contributed by atoms with Crippen molar-refractivity contribution in [3.63, 3.8) is 0 Å². The number of hydrogen-bond donors (Lipinski definition) is 1. The summed E-state index contributed by atoms with van der Waals surface area (Å²) in [5, 5.41) is 14.7. The quantitative estimate of drug-likeness (QED) is 0.503. The van der Waals surface area contributed by atoms with Crippen molar-refractivity contribution < 1.29 is 19.2 Å². The van der Waals surface area contributed by atoms with Crippen LogP contribution in [0.1, 0.15) is 28.8 Å². The summed E-state index contributed by atoms with van der Waals surface area (Å²) in [5.74, 6) is -0.690. The fourth-order valence-corrected chi connectivity index (χ4v) is 3.29. The fourth-order valence-electron chi connectivity index (χ4n) is 3.29. The van der Waals surface area contributed by atoms with E-state index in [1.165, 1.54) is 19.2 Å². The molecule has 2 aromatic carbocycles. The van der Waals surface area contributed by atoms with E-state index in [2.05, 4.69) is 5.32 Å². The summed E-state index contributed by atoms with van der Waals surface area (Å²) >= 11 is 0. The van der Waals surface area contributed by atoms with Gasteiger partial charge in [0.1, 0.15) is 11.2 Å². The average molecular weight is 356 g/mol. The highest BCUT2D eigenvalue weighted by atomic mass is 16.6. The Balaban J connectivity index is 1.99. The van der Waals surface area contributed by atoms with Gasteiger partial charge in [-0.15, -0.1) is 0 Å². The molecular formula is C19H20N2O5. The second-order valence-corrected chi connectivity index (χ2v) is 6.11. The maximum Gasteiger partial charge on any atom is 0.346 e. The summed E-state index contributed by atoms with van der Waals surface area (Å²) in [7, 11) is 1.33. The van der Waals surface area contributed by atoms with Gasteiger partial charge in [-0.3, -0.25) is 10.1 Å². The molecule has 0 atom stereocenters. The van der Waals surface area contributed by atoms with Crippen molar-refractivity contribution in [3.05, 3.63) is 69.8 Å². The van der Waals surface area contributed by atoms with Crippen LogP contribution < -0.4 is 10.1 Å². The third-order valence-electron chi connectivity index (χ3n) is 4.62. The van der Waals surface area contributed by atoms with Crippen molar-refractivity contribution in [2.24, 2.45) is 0 Å². The molecule has 0 aliphatic carbocycles. The van der Waals surface area contributed by atoms with Gasteiger partial charge in [-0.1, -0.05) is 36.4 Å². The molecule has 26 heavy (non-hydrogen) atoms. The fraction of sp³-hybridized carbons (Fsp3) is 0.316. The molecule has 7 nitrogen and oxygen atoms in total. The number of nitro groups is 1. The maximum atomic E-state index is 12.9. The lowest BCUT2D eigenvalue weighted by Gasteiger charge is -2.37. The Hall–Kier alpha value is -2.93. The minimum Gasteiger partial charge on any atom is -0.490 e. The maximum absolute atomic E-state index is 12.9. The zero-order valence-electron chi connectivity index (χ0n) is 14.4. The highest BCUT2D eigenvalue weighted by Crippen LogP contribution is 2.38. The smallest absolute Gasteiger partial charge is 0.346 e. The summed E-state index contributed by atoms with van der Waals surface area (Å²) in [6.07, 6.45) is 1.20. The number of carbonyl (C=O) groups is 1. The van der Waals surface area contributed by atoms with Gasteiger partial charge in [-0.05, 0) is 30.8 Å². The van der Waals surface area contributed by atoms with Crippen molar-refractivity contribution in [3.8, 4) is 5.75 Å². The van der Waals surface area contributed by atoms with E-state index in [1.54, 1.807) is 6.07 Å². The average Bonchev–Trinajstić information content (AvgIpc) is 2.68. The molecular weight excluding hydrogens is 336 g/mol. The van der Waals surface area contributed by atoms with E-state index >= 15 is 0 Å². The number of nitrogens with zero attached hydrogens (tertiary/aromatic N) is 1. The number of esters is 1. The molecule has 1 N–H and O–H groups in total. The summed E-state index contributed by atoms with van der Waals surface area (Å²) in [5.41, 5.74) is -0.402. The normalized spacial score (nSPS) is 15.9. The number of hydrogen-bond acceptors (Lipinski definition) is 6. The number of methoxy groups -OCH3 is 1. The SMILES string of the molecule is COc1cccc(C(=O)OC2(c3ccccc3)CCNCC2)c1[N+](=O)[O-]. The van der Waals surface area contributed by atoms with E-state index in [9.17, 15) is 14.9 Å². The van der Waals surface area contributed by atoms with Crippen LogP contribution in [0.15, 0.2) is 48.5 Å². The molecule has 1 aliphatic rings. The molecule has 1 heterocycles. The van der Waals surface area contributed by atoms with Crippen molar-refractivity contribution in [1.29, 1.82) is 0 Å². The summed E-state index contributed by atoms with van der Waals surface area (Å²) in [4.78, 5) is 23.7. The van der Waals surface area contributed by atoms with Crippen LogP contribution in [-0.4, -0.2) is 31.1 Å². The molecule has 1 fully saturated rings. The van der Waals surface area contributed by atoms with Crippen molar-refractivity contribution in [2.75, 3.05) is 20.2 Å². The van der Waals surface area contributed by atoms with E-state index in [4.69, 9.17) is 9.47 Å². The number of carbonyl (C=O) groups excluding carboxylic acids is 1. The van der Waals surface area contributed by atoms with Gasteiger partial charge >= 0.3 is 11.7 Å². The lowest BCUT2D eigenvalue weighted by Crippen LogP contribution is -2.43. The number of ether oxygens (including phenoxy) is 2. The molecule has 1 saturated heterocycles. The van der Waals surface area contributed by atoms with Gasteiger partial charge in [-0.25, -0.2) is 4.79 Å². The number of para-hydroxylation sites is 1. The van der Waals surface area contributed by atoms with Crippen LogP contribution in [0.25, 0.3) is 0 Å². The monoisotopic (exact) mass is 356 g/mol. The zero-order chi connectivity index (χ0) is 18.6. The predicted octanol–water partition coefficient (Wildman–Crippen LogP) is 3.04. The second-order valence-electron chi connectivity index (χ2n) is 6.11. The van der Waals surface area contributed by atoms with E-state index in [0.717, 1.165) is 5.56 Å². The van der Waals surface area contributed by atoms with Crippen molar-refractivity contribution >= 4 is 11.7 Å². The van der Waals surface area contributed by atoms with Crippen LogP contribution >= 0.6 is 0 Å². The molecule has 1 aliphatic heterocycles. The first kappa shape index (κ1) is 17.9. The summed E-state index contributed by atoms with van der Waals surface area (Å²) in [6.45, 7) is 1.39. The lowest BCUT2D eigenvalue weighted by molar-refractivity contribution is -0.386. The standard InChI is InChI=1S/C19H20N2O5/c1-25-16-9-5-8-15(17(16)21(23)24)18(22)26-19(10-12-20-13-11-19)14-6-3-2-4-7-14/h2-9,20H,10-13H2,1H3. The Bertz CT molecular complexity index is 801. The highest BCUT2D eigenvalue weighted by Gasteiger charge is 2.39. The first-order valence-electron chi connectivity index (χ1n) is 8.38. The van der Waals surface area contributed by atoms with E-state index in [-0.39, 0.29) is 17.0 Å². The molecule has 0 spiro atoms. The third kappa shape index (κ3) is 3.39. The summed E-state index contributed by atoms with van der Waals surface area (Å²) < 4.78 is 10.9. The highest BCUT2D eigenvalue weighted by molar-refractivity contribution is 5.95. The van der Waals surface area contributed by atoms with Gasteiger partial charge in [0.25, 0.3) is 0 Å². The van der Waals surface area contributed by atoms with E-state index in [1.807, 2.05) is 30.3 Å². The van der Waals surface area contributed by atoms with E-state index < -0.39 is 16.5 Å². The Morgan fingerprint density at radius 1 is 1.12 bits per heavy atom. The molecule has 3 rings (SSSR count). The number of piperidine rings is 1. The van der Waals surface area contributed by atoms with Gasteiger partial charge < -0.3 is 14.8 Å². The largest absolute Gasteiger partial charge is 0.490 e. The van der Waals surface area contributed by atoms with Crippen LogP contribution in [0.3, 0.4) is 0 Å². The van der Waals surface area contributed by atoms with Crippen molar-refractivity contribution in [2.45, 2.75) is 18.4 Å². The summed E-state index contributed by atoms with van der Waals surface area (Å²) in [6, 6.07) is 13.9. The predicted molar refractivity (Wildman–Crippen MR) is 95.3 cm³/mol. The van der Waals surface area contributed by atoms with Gasteiger partial charge in [-0.2, -0.15) is 0 Å². The van der Waals surface area contributed by atoms with Gasteiger partial charge in [0.05, 0.1) is 12.0 Å². The Morgan fingerprint density at radius 2 is 1.81 bits per heavy atom. The Kier molecular flexibility index (Phi) is 5.18. The number of benzene rings is 2. The van der Waals surface area contributed by atoms with Crippen LogP contribution in [0.2, 0.25) is 0 Å². The number of nitrogens with one attached hydrogen (secondary N) is 1. The van der Waals surface area contributed by atoms with Gasteiger partial charge in [0.2, 0.25) is 0 Å². The van der Waals surface area contributed by atoms with Crippen LogP contribution in [0.4, 0.5) is 5.69 Å². The molecule has 0 unspecified atom stereocenters. The molecule has 7 heteroatoms. The molecule has 0 aromatic heterocycles.